The van der Waals surface area contributed by atoms with Crippen LogP contribution in [-0.4, -0.2) is 0 Å². The van der Waals surface area contributed by atoms with E-state index in [2.05, 4.69) is 262 Å². The molecule has 10 aromatic rings. The van der Waals surface area contributed by atoms with E-state index in [1.807, 2.05) is 0 Å². The lowest BCUT2D eigenvalue weighted by Crippen LogP contribution is -2.16. The molecule has 0 unspecified atom stereocenters. The van der Waals surface area contributed by atoms with E-state index in [-0.39, 0.29) is 21.7 Å². The van der Waals surface area contributed by atoms with Crippen LogP contribution in [0.4, 0.5) is 0 Å². The van der Waals surface area contributed by atoms with Gasteiger partial charge in [0, 0.05) is 21.7 Å². The minimum Gasteiger partial charge on any atom is -0.0622 e. The SMILES string of the molecule is CC1(C)c2cc(-c3ccccc3)ccc2-c2ccc(-c3ccc4c(c3)C(C)(C)c3cc(-c5ccc6c(c5)C(C)(C)c5cc(-c7ccc8c(c7)C(C)(C)c7cc(-c9ccccc9)ccc7-8)ccc5-6)ccc3-4)cc21. The van der Waals surface area contributed by atoms with Crippen LogP contribution in [0.2, 0.25) is 0 Å². The minimum absolute atomic E-state index is 0.101. The Bertz CT molecular complexity index is 3690. The highest BCUT2D eigenvalue weighted by molar-refractivity contribution is 5.92. The lowest BCUT2D eigenvalue weighted by atomic mass is 9.79. The molecule has 4 aliphatic carbocycles. The Hall–Kier alpha value is -7.80. The summed E-state index contributed by atoms with van der Waals surface area (Å²) in [4.78, 5) is 0. The van der Waals surface area contributed by atoms with Crippen LogP contribution in [0.25, 0.3) is 100 Å². The molecule has 0 atom stereocenters. The summed E-state index contributed by atoms with van der Waals surface area (Å²) in [6.45, 7) is 19.2. The van der Waals surface area contributed by atoms with Gasteiger partial charge in [0.05, 0.1) is 0 Å². The summed E-state index contributed by atoms with van der Waals surface area (Å²) < 4.78 is 0. The van der Waals surface area contributed by atoms with Crippen molar-refractivity contribution in [2.45, 2.75) is 77.0 Å². The van der Waals surface area contributed by atoms with Gasteiger partial charge in [-0.25, -0.2) is 0 Å². The summed E-state index contributed by atoms with van der Waals surface area (Å²) in [5.41, 5.74) is 34.3. The molecular formula is C72H58. The van der Waals surface area contributed by atoms with Gasteiger partial charge in [0.2, 0.25) is 0 Å². The first-order chi connectivity index (χ1) is 34.7. The molecule has 0 saturated heterocycles. The van der Waals surface area contributed by atoms with Gasteiger partial charge in [-0.15, -0.1) is 0 Å². The molecule has 0 amide bonds. The molecule has 0 heterocycles. The van der Waals surface area contributed by atoms with Crippen molar-refractivity contribution < 1.29 is 0 Å². The van der Waals surface area contributed by atoms with Crippen LogP contribution in [0.15, 0.2) is 206 Å². The van der Waals surface area contributed by atoms with Gasteiger partial charge in [-0.3, -0.25) is 0 Å². The van der Waals surface area contributed by atoms with Gasteiger partial charge in [-0.05, 0) is 193 Å². The quantitative estimate of drug-likeness (QED) is 0.161. The van der Waals surface area contributed by atoms with Crippen LogP contribution in [0.3, 0.4) is 0 Å². The molecule has 10 aromatic carbocycles. The summed E-state index contributed by atoms with van der Waals surface area (Å²) in [7, 11) is 0. The maximum absolute atomic E-state index is 2.48. The van der Waals surface area contributed by atoms with Crippen LogP contribution in [0, 0.1) is 0 Å². The lowest BCUT2D eigenvalue weighted by molar-refractivity contribution is 0.659. The van der Waals surface area contributed by atoms with Crippen molar-refractivity contribution in [2.75, 3.05) is 0 Å². The maximum atomic E-state index is 2.48. The first-order valence-corrected chi connectivity index (χ1v) is 26.0. The van der Waals surface area contributed by atoms with Crippen LogP contribution < -0.4 is 0 Å². The Balaban J connectivity index is 0.746. The van der Waals surface area contributed by atoms with Gasteiger partial charge >= 0.3 is 0 Å². The molecule has 0 aliphatic heterocycles. The zero-order valence-corrected chi connectivity index (χ0v) is 42.6. The van der Waals surface area contributed by atoms with Crippen molar-refractivity contribution in [1.29, 1.82) is 0 Å². The van der Waals surface area contributed by atoms with Gasteiger partial charge in [-0.1, -0.05) is 213 Å². The molecule has 0 nitrogen and oxygen atoms in total. The standard InChI is InChI=1S/C72H58/c1-69(2)61-35-45(43-15-11-9-12-16-43)19-27-53(61)55-29-21-47(37-63(55)69)49-23-31-57-59-33-25-51(41-67(59)71(5,6)65(57)39-49)52-26-34-60-58-32-24-50(40-66(58)72(7,8)68(60)42-52)48-22-30-56-54-28-20-46(44-17-13-10-14-18-44)36-62(54)70(3,4)64(56)38-48/h9-42H,1-8H3. The fourth-order valence-corrected chi connectivity index (χ4v) is 13.6. The van der Waals surface area contributed by atoms with Crippen molar-refractivity contribution in [3.63, 3.8) is 0 Å². The number of hydrogen-bond acceptors (Lipinski definition) is 0. The zero-order valence-electron chi connectivity index (χ0n) is 42.6. The highest BCUT2D eigenvalue weighted by atomic mass is 14.4. The highest BCUT2D eigenvalue weighted by Gasteiger charge is 2.40. The molecule has 0 bridgehead atoms. The first kappa shape index (κ1) is 43.0. The number of benzene rings is 10. The number of fused-ring (bicyclic) bond motifs is 12. The summed E-state index contributed by atoms with van der Waals surface area (Å²) in [5, 5.41) is 0. The van der Waals surface area contributed by atoms with E-state index in [1.165, 1.54) is 145 Å². The third-order valence-electron chi connectivity index (χ3n) is 17.9. The van der Waals surface area contributed by atoms with E-state index in [4.69, 9.17) is 0 Å². The van der Waals surface area contributed by atoms with Crippen molar-refractivity contribution in [1.82, 2.24) is 0 Å². The summed E-state index contributed by atoms with van der Waals surface area (Å²) in [5.74, 6) is 0. The smallest absolute Gasteiger partial charge is 0.0159 e. The Morgan fingerprint density at radius 2 is 0.319 bits per heavy atom. The summed E-state index contributed by atoms with van der Waals surface area (Å²) >= 11 is 0. The van der Waals surface area contributed by atoms with Crippen molar-refractivity contribution >= 4 is 0 Å². The fourth-order valence-electron chi connectivity index (χ4n) is 13.6. The lowest BCUT2D eigenvalue weighted by Gasteiger charge is -2.24. The maximum Gasteiger partial charge on any atom is 0.0159 e. The molecule has 0 N–H and O–H groups in total. The molecule has 0 fully saturated rings. The van der Waals surface area contributed by atoms with Gasteiger partial charge in [0.1, 0.15) is 0 Å². The summed E-state index contributed by atoms with van der Waals surface area (Å²) in [6.07, 6.45) is 0. The number of hydrogen-bond donors (Lipinski definition) is 0. The third-order valence-corrected chi connectivity index (χ3v) is 17.9. The highest BCUT2D eigenvalue weighted by Crippen LogP contribution is 2.56. The van der Waals surface area contributed by atoms with Crippen LogP contribution in [0.5, 0.6) is 0 Å². The van der Waals surface area contributed by atoms with Crippen molar-refractivity contribution in [3.8, 4) is 100 Å². The fraction of sp³-hybridized carbons (Fsp3) is 0.167. The average molecular weight is 923 g/mol. The van der Waals surface area contributed by atoms with Crippen molar-refractivity contribution in [2.24, 2.45) is 0 Å². The van der Waals surface area contributed by atoms with Gasteiger partial charge in [0.25, 0.3) is 0 Å². The molecular weight excluding hydrogens is 865 g/mol. The van der Waals surface area contributed by atoms with Crippen molar-refractivity contribution in [3.05, 3.63) is 251 Å². The van der Waals surface area contributed by atoms with E-state index in [0.29, 0.717) is 0 Å². The molecule has 0 saturated carbocycles. The summed E-state index contributed by atoms with van der Waals surface area (Å²) in [6, 6.07) is 78.8. The van der Waals surface area contributed by atoms with E-state index in [0.717, 1.165) is 0 Å². The van der Waals surface area contributed by atoms with E-state index in [9.17, 15) is 0 Å². The average Bonchev–Trinajstić information content (AvgIpc) is 3.97. The predicted molar refractivity (Wildman–Crippen MR) is 304 cm³/mol. The Kier molecular flexibility index (Phi) is 8.89. The van der Waals surface area contributed by atoms with Gasteiger partial charge < -0.3 is 0 Å². The molecule has 14 rings (SSSR count). The molecule has 0 heteroatoms. The second-order valence-electron chi connectivity index (χ2n) is 23.3. The second kappa shape index (κ2) is 14.9. The molecule has 346 valence electrons. The number of rotatable bonds is 5. The van der Waals surface area contributed by atoms with Crippen LogP contribution in [-0.2, 0) is 21.7 Å². The van der Waals surface area contributed by atoms with E-state index in [1.54, 1.807) is 0 Å². The normalized spacial score (nSPS) is 15.9. The predicted octanol–water partition coefficient (Wildman–Crippen LogP) is 19.2. The monoisotopic (exact) mass is 922 g/mol. The van der Waals surface area contributed by atoms with E-state index >= 15 is 0 Å². The van der Waals surface area contributed by atoms with E-state index < -0.39 is 0 Å². The van der Waals surface area contributed by atoms with Crippen LogP contribution in [0.1, 0.15) is 99.9 Å². The Morgan fingerprint density at radius 1 is 0.167 bits per heavy atom. The molecule has 0 spiro atoms. The molecule has 4 aliphatic rings. The molecule has 0 radical (unpaired) electrons. The largest absolute Gasteiger partial charge is 0.0622 e. The zero-order chi connectivity index (χ0) is 49.1. The first-order valence-electron chi connectivity index (χ1n) is 26.0. The second-order valence-corrected chi connectivity index (χ2v) is 23.3. The molecule has 0 aromatic heterocycles. The van der Waals surface area contributed by atoms with Gasteiger partial charge in [0.15, 0.2) is 0 Å². The van der Waals surface area contributed by atoms with Gasteiger partial charge in [-0.2, -0.15) is 0 Å². The topological polar surface area (TPSA) is 0 Å². The van der Waals surface area contributed by atoms with Crippen LogP contribution >= 0.6 is 0 Å². The third kappa shape index (κ3) is 6.05. The minimum atomic E-state index is -0.153. The Labute approximate surface area is 425 Å². The Morgan fingerprint density at radius 3 is 0.486 bits per heavy atom. The molecule has 72 heavy (non-hydrogen) atoms.